The van der Waals surface area contributed by atoms with E-state index >= 15 is 0 Å². The molecule has 0 saturated heterocycles. The second-order valence-electron chi connectivity index (χ2n) is 14.8. The SMILES string of the molecule is CCC/C=C\CCCCCCCC(=O)OC(CO)COCCCCCCCCCCCCCCCCCCCCCCCCCCCC. The number of ether oxygens (including phenoxy) is 2. The van der Waals surface area contributed by atoms with Gasteiger partial charge in [-0.05, 0) is 32.1 Å². The van der Waals surface area contributed by atoms with Gasteiger partial charge in [-0.15, -0.1) is 0 Å². The van der Waals surface area contributed by atoms with Crippen molar-refractivity contribution >= 4 is 5.97 Å². The molecule has 0 radical (unpaired) electrons. The molecule has 286 valence electrons. The number of carbonyl (C=O) groups excluding carboxylic acids is 1. The van der Waals surface area contributed by atoms with Crippen LogP contribution in [0.2, 0.25) is 0 Å². The summed E-state index contributed by atoms with van der Waals surface area (Å²) in [6.45, 7) is 5.31. The Kier molecular flexibility index (Phi) is 41.5. The van der Waals surface area contributed by atoms with Gasteiger partial charge in [0.05, 0.1) is 13.2 Å². The summed E-state index contributed by atoms with van der Waals surface area (Å²) in [5, 5.41) is 9.56. The molecule has 48 heavy (non-hydrogen) atoms. The smallest absolute Gasteiger partial charge is 0.306 e. The third-order valence-corrected chi connectivity index (χ3v) is 9.82. The third-order valence-electron chi connectivity index (χ3n) is 9.82. The van der Waals surface area contributed by atoms with Crippen molar-refractivity contribution in [3.8, 4) is 0 Å². The summed E-state index contributed by atoms with van der Waals surface area (Å²) >= 11 is 0. The van der Waals surface area contributed by atoms with Crippen molar-refractivity contribution < 1.29 is 19.4 Å². The standard InChI is InChI=1S/C44H86O4/c1-3-5-7-9-11-13-15-16-17-18-19-20-21-22-23-24-25-26-27-28-29-30-32-34-36-38-40-47-42-43(41-45)48-44(46)39-37-35-33-31-14-12-10-8-6-4-2/h8,10,43,45H,3-7,9,11-42H2,1-2H3/b10-8-. The summed E-state index contributed by atoms with van der Waals surface area (Å²) in [6.07, 6.45) is 50.1. The quantitative estimate of drug-likeness (QED) is 0.0397. The Labute approximate surface area is 301 Å². The predicted molar refractivity (Wildman–Crippen MR) is 210 cm³/mol. The lowest BCUT2D eigenvalue weighted by Crippen LogP contribution is -2.27. The van der Waals surface area contributed by atoms with Crippen LogP contribution >= 0.6 is 0 Å². The van der Waals surface area contributed by atoms with E-state index in [0.29, 0.717) is 19.6 Å². The first-order chi connectivity index (χ1) is 23.7. The molecule has 0 aromatic heterocycles. The summed E-state index contributed by atoms with van der Waals surface area (Å²) in [6, 6.07) is 0. The highest BCUT2D eigenvalue weighted by atomic mass is 16.6. The average molecular weight is 679 g/mol. The van der Waals surface area contributed by atoms with E-state index in [1.807, 2.05) is 0 Å². The monoisotopic (exact) mass is 679 g/mol. The fourth-order valence-electron chi connectivity index (χ4n) is 6.57. The van der Waals surface area contributed by atoms with Crippen LogP contribution in [0.3, 0.4) is 0 Å². The Morgan fingerprint density at radius 3 is 1.27 bits per heavy atom. The molecule has 0 aromatic rings. The molecule has 0 bridgehead atoms. The van der Waals surface area contributed by atoms with Gasteiger partial charge in [0, 0.05) is 13.0 Å². The number of aliphatic hydroxyl groups excluding tert-OH is 1. The van der Waals surface area contributed by atoms with Crippen LogP contribution in [0.25, 0.3) is 0 Å². The highest BCUT2D eigenvalue weighted by Crippen LogP contribution is 2.16. The third kappa shape index (κ3) is 39.6. The number of aliphatic hydroxyl groups is 1. The van der Waals surface area contributed by atoms with Crippen LogP contribution in [-0.4, -0.2) is 37.0 Å². The van der Waals surface area contributed by atoms with Crippen LogP contribution < -0.4 is 0 Å². The molecule has 0 aliphatic heterocycles. The van der Waals surface area contributed by atoms with Gasteiger partial charge in [0.1, 0.15) is 6.10 Å². The van der Waals surface area contributed by atoms with Crippen molar-refractivity contribution in [1.82, 2.24) is 0 Å². The Morgan fingerprint density at radius 1 is 0.479 bits per heavy atom. The van der Waals surface area contributed by atoms with Gasteiger partial charge in [-0.25, -0.2) is 0 Å². The maximum Gasteiger partial charge on any atom is 0.306 e. The fourth-order valence-corrected chi connectivity index (χ4v) is 6.57. The van der Waals surface area contributed by atoms with Gasteiger partial charge in [0.25, 0.3) is 0 Å². The molecule has 4 nitrogen and oxygen atoms in total. The van der Waals surface area contributed by atoms with Crippen molar-refractivity contribution in [3.05, 3.63) is 12.2 Å². The molecular formula is C44H86O4. The van der Waals surface area contributed by atoms with E-state index < -0.39 is 6.10 Å². The van der Waals surface area contributed by atoms with E-state index in [-0.39, 0.29) is 12.6 Å². The van der Waals surface area contributed by atoms with Gasteiger partial charge in [-0.1, -0.05) is 212 Å². The topological polar surface area (TPSA) is 55.8 Å². The summed E-state index contributed by atoms with van der Waals surface area (Å²) in [7, 11) is 0. The van der Waals surface area contributed by atoms with Gasteiger partial charge in [-0.3, -0.25) is 4.79 Å². The number of esters is 1. The summed E-state index contributed by atoms with van der Waals surface area (Å²) in [4.78, 5) is 12.1. The largest absolute Gasteiger partial charge is 0.457 e. The van der Waals surface area contributed by atoms with E-state index in [2.05, 4.69) is 26.0 Å². The van der Waals surface area contributed by atoms with Crippen LogP contribution in [0.5, 0.6) is 0 Å². The number of allylic oxidation sites excluding steroid dienone is 2. The molecule has 0 saturated carbocycles. The number of hydrogen-bond donors (Lipinski definition) is 1. The fraction of sp³-hybridized carbons (Fsp3) is 0.932. The first kappa shape index (κ1) is 47.1. The maximum atomic E-state index is 12.1. The normalized spacial score (nSPS) is 12.3. The van der Waals surface area contributed by atoms with Gasteiger partial charge >= 0.3 is 5.97 Å². The number of unbranched alkanes of at least 4 members (excludes halogenated alkanes) is 31. The van der Waals surface area contributed by atoms with Crippen molar-refractivity contribution in [3.63, 3.8) is 0 Å². The lowest BCUT2D eigenvalue weighted by Gasteiger charge is -2.15. The van der Waals surface area contributed by atoms with Crippen LogP contribution in [0, 0.1) is 0 Å². The van der Waals surface area contributed by atoms with Gasteiger partial charge < -0.3 is 14.6 Å². The molecule has 0 aliphatic carbocycles. The molecule has 1 N–H and O–H groups in total. The average Bonchev–Trinajstić information content (AvgIpc) is 3.09. The zero-order valence-corrected chi connectivity index (χ0v) is 32.8. The zero-order chi connectivity index (χ0) is 34.9. The first-order valence-electron chi connectivity index (χ1n) is 21.8. The molecule has 1 unspecified atom stereocenters. The van der Waals surface area contributed by atoms with Gasteiger partial charge in [-0.2, -0.15) is 0 Å². The van der Waals surface area contributed by atoms with Crippen LogP contribution in [-0.2, 0) is 14.3 Å². The summed E-state index contributed by atoms with van der Waals surface area (Å²) < 4.78 is 11.1. The minimum atomic E-state index is -0.531. The Bertz CT molecular complexity index is 633. The Morgan fingerprint density at radius 2 is 0.854 bits per heavy atom. The molecule has 0 rings (SSSR count). The molecular weight excluding hydrogens is 592 g/mol. The minimum absolute atomic E-state index is 0.170. The van der Waals surface area contributed by atoms with E-state index in [1.54, 1.807) is 0 Å². The Balaban J connectivity index is 3.30. The molecule has 0 fully saturated rings. The summed E-state index contributed by atoms with van der Waals surface area (Å²) in [5.74, 6) is -0.208. The highest BCUT2D eigenvalue weighted by molar-refractivity contribution is 5.69. The number of carbonyl (C=O) groups is 1. The van der Waals surface area contributed by atoms with Crippen LogP contribution in [0.15, 0.2) is 12.2 Å². The molecule has 1 atom stereocenters. The van der Waals surface area contributed by atoms with Crippen molar-refractivity contribution in [1.29, 1.82) is 0 Å². The second-order valence-corrected chi connectivity index (χ2v) is 14.8. The van der Waals surface area contributed by atoms with Gasteiger partial charge in [0.2, 0.25) is 0 Å². The first-order valence-corrected chi connectivity index (χ1v) is 21.8. The van der Waals surface area contributed by atoms with E-state index in [1.165, 1.54) is 199 Å². The highest BCUT2D eigenvalue weighted by Gasteiger charge is 2.13. The van der Waals surface area contributed by atoms with E-state index in [0.717, 1.165) is 19.3 Å². The summed E-state index contributed by atoms with van der Waals surface area (Å²) in [5.41, 5.74) is 0. The molecule has 0 aliphatic rings. The molecule has 4 heteroatoms. The van der Waals surface area contributed by atoms with E-state index in [4.69, 9.17) is 9.47 Å². The van der Waals surface area contributed by atoms with Crippen molar-refractivity contribution in [2.75, 3.05) is 19.8 Å². The lowest BCUT2D eigenvalue weighted by atomic mass is 10.0. The predicted octanol–water partition coefficient (Wildman–Crippen LogP) is 14.2. The van der Waals surface area contributed by atoms with Crippen molar-refractivity contribution in [2.24, 2.45) is 0 Å². The molecule has 0 amide bonds. The second kappa shape index (κ2) is 42.3. The minimum Gasteiger partial charge on any atom is -0.457 e. The van der Waals surface area contributed by atoms with Crippen LogP contribution in [0.1, 0.15) is 239 Å². The molecule has 0 spiro atoms. The zero-order valence-electron chi connectivity index (χ0n) is 32.8. The lowest BCUT2D eigenvalue weighted by molar-refractivity contribution is -0.154. The number of rotatable bonds is 41. The molecule has 0 heterocycles. The van der Waals surface area contributed by atoms with Crippen LogP contribution in [0.4, 0.5) is 0 Å². The number of hydrogen-bond acceptors (Lipinski definition) is 4. The Hall–Kier alpha value is -0.870. The van der Waals surface area contributed by atoms with E-state index in [9.17, 15) is 9.90 Å². The van der Waals surface area contributed by atoms with Gasteiger partial charge in [0.15, 0.2) is 0 Å². The maximum absolute atomic E-state index is 12.1. The van der Waals surface area contributed by atoms with Crippen molar-refractivity contribution in [2.45, 2.75) is 245 Å². The molecule has 0 aromatic carbocycles.